The number of nitrogen functional groups attached to an aromatic ring is 1. The van der Waals surface area contributed by atoms with E-state index in [1.54, 1.807) is 0 Å². The Balaban J connectivity index is 2.24. The standard InChI is InChI=1S/C15H25N3O/c1-4-5-6-11-12(16)13(19)18-15(3)9-7-14(2,8-10-15)17(11)18/h4-10,16H2,1-3H3. The number of fused-ring (bicyclic) bond motifs is 2. The average Bonchev–Trinajstić information content (AvgIpc) is 2.65. The Labute approximate surface area is 114 Å². The van der Waals surface area contributed by atoms with Gasteiger partial charge in [-0.15, -0.1) is 0 Å². The normalized spacial score (nSPS) is 32.6. The van der Waals surface area contributed by atoms with Crippen molar-refractivity contribution in [2.45, 2.75) is 76.8 Å². The molecule has 0 saturated heterocycles. The summed E-state index contributed by atoms with van der Waals surface area (Å²) < 4.78 is 4.26. The van der Waals surface area contributed by atoms with E-state index in [1.807, 2.05) is 4.68 Å². The zero-order chi connectivity index (χ0) is 13.8. The summed E-state index contributed by atoms with van der Waals surface area (Å²) in [5.41, 5.74) is 7.83. The van der Waals surface area contributed by atoms with E-state index < -0.39 is 0 Å². The molecular formula is C15H25N3O. The lowest BCUT2D eigenvalue weighted by Crippen LogP contribution is -2.57. The minimum atomic E-state index is -0.0204. The first-order valence-corrected chi connectivity index (χ1v) is 7.56. The number of hydrogen-bond acceptors (Lipinski definition) is 2. The second-order valence-electron chi connectivity index (χ2n) is 6.89. The first-order valence-electron chi connectivity index (χ1n) is 7.56. The maximum absolute atomic E-state index is 12.6. The molecule has 1 aliphatic carbocycles. The molecule has 0 unspecified atom stereocenters. The molecule has 0 atom stereocenters. The number of hydrogen-bond donors (Lipinski definition) is 1. The highest BCUT2D eigenvalue weighted by molar-refractivity contribution is 5.43. The first kappa shape index (κ1) is 12.8. The molecule has 0 aromatic carbocycles. The predicted octanol–water partition coefficient (Wildman–Crippen LogP) is 2.59. The van der Waals surface area contributed by atoms with Crippen molar-refractivity contribution in [1.29, 1.82) is 0 Å². The minimum absolute atomic E-state index is 0.0204. The van der Waals surface area contributed by atoms with Crippen LogP contribution in [0.3, 0.4) is 0 Å². The van der Waals surface area contributed by atoms with Crippen LogP contribution in [0.5, 0.6) is 0 Å². The third-order valence-corrected chi connectivity index (χ3v) is 5.38. The molecule has 3 heterocycles. The van der Waals surface area contributed by atoms with Crippen molar-refractivity contribution in [2.75, 3.05) is 5.73 Å². The SMILES string of the molecule is CCCCc1c(N)c(=O)n2n1C1(C)CCC2(C)CC1. The van der Waals surface area contributed by atoms with Crippen molar-refractivity contribution in [3.63, 3.8) is 0 Å². The molecule has 1 aromatic rings. The largest absolute Gasteiger partial charge is 0.393 e. The van der Waals surface area contributed by atoms with Crippen LogP contribution in [0.25, 0.3) is 0 Å². The van der Waals surface area contributed by atoms with Crippen LogP contribution >= 0.6 is 0 Å². The highest BCUT2D eigenvalue weighted by Crippen LogP contribution is 2.49. The molecular weight excluding hydrogens is 238 g/mol. The maximum atomic E-state index is 12.6. The van der Waals surface area contributed by atoms with Gasteiger partial charge in [0.25, 0.3) is 5.56 Å². The summed E-state index contributed by atoms with van der Waals surface area (Å²) in [4.78, 5) is 12.6. The molecule has 1 saturated carbocycles. The number of aromatic nitrogens is 2. The molecule has 4 rings (SSSR count). The Morgan fingerprint density at radius 1 is 1.11 bits per heavy atom. The molecule has 4 nitrogen and oxygen atoms in total. The second-order valence-corrected chi connectivity index (χ2v) is 6.89. The summed E-state index contributed by atoms with van der Waals surface area (Å²) in [6.07, 6.45) is 7.68. The average molecular weight is 263 g/mol. The third-order valence-electron chi connectivity index (χ3n) is 5.38. The van der Waals surface area contributed by atoms with E-state index in [9.17, 15) is 4.79 Å². The zero-order valence-electron chi connectivity index (χ0n) is 12.3. The van der Waals surface area contributed by atoms with Crippen LogP contribution in [-0.2, 0) is 17.5 Å². The van der Waals surface area contributed by atoms with E-state index in [0.717, 1.165) is 50.6 Å². The van der Waals surface area contributed by atoms with Gasteiger partial charge in [-0.3, -0.25) is 9.48 Å². The Hall–Kier alpha value is -1.19. The molecule has 2 aliphatic heterocycles. The van der Waals surface area contributed by atoms with Gasteiger partial charge in [0.1, 0.15) is 5.69 Å². The molecule has 106 valence electrons. The number of unbranched alkanes of at least 4 members (excludes halogenated alkanes) is 1. The van der Waals surface area contributed by atoms with E-state index in [2.05, 4.69) is 25.5 Å². The van der Waals surface area contributed by atoms with E-state index in [4.69, 9.17) is 5.73 Å². The fraction of sp³-hybridized carbons (Fsp3) is 0.800. The summed E-state index contributed by atoms with van der Waals surface area (Å²) in [6.45, 7) is 6.68. The second kappa shape index (κ2) is 3.90. The van der Waals surface area contributed by atoms with Crippen LogP contribution in [0.4, 0.5) is 5.69 Å². The van der Waals surface area contributed by atoms with Gasteiger partial charge in [0.15, 0.2) is 0 Å². The monoisotopic (exact) mass is 263 g/mol. The molecule has 1 aromatic heterocycles. The van der Waals surface area contributed by atoms with Gasteiger partial charge in [0.05, 0.1) is 16.8 Å². The third kappa shape index (κ3) is 1.55. The topological polar surface area (TPSA) is 53.0 Å². The molecule has 4 heteroatoms. The Morgan fingerprint density at radius 2 is 1.63 bits per heavy atom. The van der Waals surface area contributed by atoms with Gasteiger partial charge in [-0.05, 0) is 52.4 Å². The van der Waals surface area contributed by atoms with Gasteiger partial charge in [-0.1, -0.05) is 13.3 Å². The van der Waals surface area contributed by atoms with Crippen molar-refractivity contribution in [3.8, 4) is 0 Å². The van der Waals surface area contributed by atoms with Gasteiger partial charge in [0.2, 0.25) is 0 Å². The molecule has 3 aliphatic rings. The van der Waals surface area contributed by atoms with Crippen LogP contribution in [0.2, 0.25) is 0 Å². The van der Waals surface area contributed by atoms with Crippen molar-refractivity contribution in [2.24, 2.45) is 0 Å². The van der Waals surface area contributed by atoms with Gasteiger partial charge in [-0.25, -0.2) is 4.68 Å². The lowest BCUT2D eigenvalue weighted by Gasteiger charge is -2.53. The molecule has 2 bridgehead atoms. The Kier molecular flexibility index (Phi) is 2.63. The van der Waals surface area contributed by atoms with Crippen LogP contribution in [0.15, 0.2) is 4.79 Å². The molecule has 0 spiro atoms. The highest BCUT2D eigenvalue weighted by Gasteiger charge is 2.50. The summed E-state index contributed by atoms with van der Waals surface area (Å²) in [5.74, 6) is 0. The Morgan fingerprint density at radius 3 is 2.16 bits per heavy atom. The fourth-order valence-corrected chi connectivity index (χ4v) is 3.95. The van der Waals surface area contributed by atoms with Crippen molar-refractivity contribution >= 4 is 5.69 Å². The van der Waals surface area contributed by atoms with Gasteiger partial charge < -0.3 is 5.73 Å². The van der Waals surface area contributed by atoms with Crippen LogP contribution in [0.1, 0.15) is 65.0 Å². The van der Waals surface area contributed by atoms with E-state index in [-0.39, 0.29) is 16.6 Å². The van der Waals surface area contributed by atoms with Gasteiger partial charge in [-0.2, -0.15) is 0 Å². The van der Waals surface area contributed by atoms with E-state index in [0.29, 0.717) is 5.69 Å². The van der Waals surface area contributed by atoms with Crippen LogP contribution in [0, 0.1) is 0 Å². The molecule has 0 amide bonds. The smallest absolute Gasteiger partial charge is 0.290 e. The fourth-order valence-electron chi connectivity index (χ4n) is 3.95. The minimum Gasteiger partial charge on any atom is -0.393 e. The molecule has 2 N–H and O–H groups in total. The summed E-state index contributed by atoms with van der Waals surface area (Å²) in [5, 5.41) is 0. The maximum Gasteiger partial charge on any atom is 0.290 e. The van der Waals surface area contributed by atoms with Crippen molar-refractivity contribution in [3.05, 3.63) is 16.0 Å². The molecule has 0 radical (unpaired) electrons. The molecule has 19 heavy (non-hydrogen) atoms. The lowest BCUT2D eigenvalue weighted by atomic mass is 9.72. The van der Waals surface area contributed by atoms with Crippen molar-refractivity contribution < 1.29 is 0 Å². The summed E-state index contributed by atoms with van der Waals surface area (Å²) in [6, 6.07) is 0. The number of anilines is 1. The van der Waals surface area contributed by atoms with Crippen molar-refractivity contribution in [1.82, 2.24) is 9.36 Å². The van der Waals surface area contributed by atoms with Gasteiger partial charge >= 0.3 is 0 Å². The van der Waals surface area contributed by atoms with Crippen LogP contribution < -0.4 is 11.3 Å². The number of rotatable bonds is 3. The number of nitrogens with zero attached hydrogens (tertiary/aromatic N) is 2. The lowest BCUT2D eigenvalue weighted by molar-refractivity contribution is -0.00348. The highest BCUT2D eigenvalue weighted by atomic mass is 16.1. The first-order chi connectivity index (χ1) is 8.93. The van der Waals surface area contributed by atoms with Crippen LogP contribution in [-0.4, -0.2) is 9.36 Å². The molecule has 1 fully saturated rings. The number of nitrogens with two attached hydrogens (primary N) is 1. The Bertz CT molecular complexity index is 559. The summed E-state index contributed by atoms with van der Waals surface area (Å²) in [7, 11) is 0. The van der Waals surface area contributed by atoms with E-state index in [1.165, 1.54) is 0 Å². The zero-order valence-corrected chi connectivity index (χ0v) is 12.3. The predicted molar refractivity (Wildman–Crippen MR) is 77.5 cm³/mol. The van der Waals surface area contributed by atoms with Gasteiger partial charge in [0, 0.05) is 0 Å². The summed E-state index contributed by atoms with van der Waals surface area (Å²) >= 11 is 0. The quantitative estimate of drug-likeness (QED) is 0.911. The van der Waals surface area contributed by atoms with E-state index >= 15 is 0 Å².